The maximum absolute atomic E-state index is 13.0. The second-order valence-electron chi connectivity index (χ2n) is 8.44. The monoisotopic (exact) mass is 368 g/mol. The number of nitrogens with zero attached hydrogens (tertiary/aromatic N) is 3. The van der Waals surface area contributed by atoms with Crippen molar-refractivity contribution in [1.29, 1.82) is 0 Å². The first-order valence-corrected chi connectivity index (χ1v) is 10.4. The first-order chi connectivity index (χ1) is 13.1. The number of carbonyl (C=O) groups excluding carboxylic acids is 1. The van der Waals surface area contributed by atoms with Crippen LogP contribution in [-0.2, 0) is 6.42 Å². The third-order valence-electron chi connectivity index (χ3n) is 6.27. The van der Waals surface area contributed by atoms with Gasteiger partial charge in [-0.2, -0.15) is 0 Å². The lowest BCUT2D eigenvalue weighted by Gasteiger charge is -2.42. The molecule has 2 aromatic rings. The zero-order valence-electron chi connectivity index (χ0n) is 16.7. The molecule has 0 atom stereocenters. The van der Waals surface area contributed by atoms with Crippen molar-refractivity contribution in [2.24, 2.45) is 0 Å². The van der Waals surface area contributed by atoms with E-state index in [0.29, 0.717) is 6.04 Å². The molecule has 1 saturated heterocycles. The van der Waals surface area contributed by atoms with Crippen molar-refractivity contribution in [1.82, 2.24) is 19.7 Å². The molecule has 1 aromatic heterocycles. The third kappa shape index (κ3) is 4.04. The van der Waals surface area contributed by atoms with E-state index in [1.807, 2.05) is 16.8 Å². The van der Waals surface area contributed by atoms with Crippen molar-refractivity contribution in [2.75, 3.05) is 33.7 Å². The molecule has 5 heteroatoms. The van der Waals surface area contributed by atoms with Gasteiger partial charge in [-0.15, -0.1) is 0 Å². The minimum atomic E-state index is 0.0229. The van der Waals surface area contributed by atoms with Gasteiger partial charge in [0.1, 0.15) is 0 Å². The van der Waals surface area contributed by atoms with Crippen LogP contribution < -0.4 is 5.32 Å². The van der Waals surface area contributed by atoms with Crippen LogP contribution in [0.1, 0.15) is 37.7 Å². The first-order valence-electron chi connectivity index (χ1n) is 10.4. The van der Waals surface area contributed by atoms with Gasteiger partial charge in [-0.05, 0) is 77.3 Å². The molecular formula is C22H32N4O. The molecule has 146 valence electrons. The summed E-state index contributed by atoms with van der Waals surface area (Å²) in [4.78, 5) is 17.8. The number of amides is 1. The van der Waals surface area contributed by atoms with Crippen molar-refractivity contribution >= 4 is 16.9 Å². The van der Waals surface area contributed by atoms with Crippen LogP contribution in [0, 0.1) is 0 Å². The normalized spacial score (nSPS) is 23.5. The van der Waals surface area contributed by atoms with E-state index < -0.39 is 0 Å². The maximum Gasteiger partial charge on any atom is 0.326 e. The van der Waals surface area contributed by atoms with E-state index in [2.05, 4.69) is 47.4 Å². The Labute approximate surface area is 162 Å². The molecule has 2 heterocycles. The first kappa shape index (κ1) is 18.5. The number of benzene rings is 1. The topological polar surface area (TPSA) is 40.5 Å². The molecular weight excluding hydrogens is 336 g/mol. The van der Waals surface area contributed by atoms with Gasteiger partial charge in [-0.25, -0.2) is 4.79 Å². The van der Waals surface area contributed by atoms with Crippen LogP contribution in [0.5, 0.6) is 0 Å². The Morgan fingerprint density at radius 2 is 1.89 bits per heavy atom. The number of nitrogens with one attached hydrogen (secondary N) is 1. The molecule has 2 aliphatic rings. The molecule has 4 rings (SSSR count). The summed E-state index contributed by atoms with van der Waals surface area (Å²) in [6, 6.07) is 9.33. The van der Waals surface area contributed by atoms with Crippen LogP contribution in [0.3, 0.4) is 0 Å². The predicted molar refractivity (Wildman–Crippen MR) is 110 cm³/mol. The van der Waals surface area contributed by atoms with Crippen LogP contribution in [0.2, 0.25) is 0 Å². The van der Waals surface area contributed by atoms with Gasteiger partial charge in [0, 0.05) is 30.2 Å². The number of aromatic nitrogens is 1. The Hall–Kier alpha value is -1.85. The highest BCUT2D eigenvalue weighted by atomic mass is 16.2. The zero-order chi connectivity index (χ0) is 18.8. The lowest BCUT2D eigenvalue weighted by molar-refractivity contribution is 0.0847. The van der Waals surface area contributed by atoms with E-state index in [-0.39, 0.29) is 6.03 Å². The highest BCUT2D eigenvalue weighted by Crippen LogP contribution is 2.27. The number of carbonyl (C=O) groups is 1. The highest BCUT2D eigenvalue weighted by Gasteiger charge is 2.29. The summed E-state index contributed by atoms with van der Waals surface area (Å²) in [7, 11) is 4.17. The van der Waals surface area contributed by atoms with Crippen LogP contribution >= 0.6 is 0 Å². The highest BCUT2D eigenvalue weighted by molar-refractivity contribution is 5.93. The fourth-order valence-corrected chi connectivity index (χ4v) is 4.50. The van der Waals surface area contributed by atoms with Crippen LogP contribution in [0.15, 0.2) is 30.5 Å². The molecule has 2 fully saturated rings. The summed E-state index contributed by atoms with van der Waals surface area (Å²) in [6.07, 6.45) is 8.97. The Morgan fingerprint density at radius 3 is 2.56 bits per heavy atom. The summed E-state index contributed by atoms with van der Waals surface area (Å²) in [6.45, 7) is 3.52. The van der Waals surface area contributed by atoms with Crippen molar-refractivity contribution in [3.05, 3.63) is 36.0 Å². The van der Waals surface area contributed by atoms with E-state index in [4.69, 9.17) is 0 Å². The average Bonchev–Trinajstić information content (AvgIpc) is 2.99. The largest absolute Gasteiger partial charge is 0.335 e. The van der Waals surface area contributed by atoms with Gasteiger partial charge in [0.15, 0.2) is 0 Å². The summed E-state index contributed by atoms with van der Waals surface area (Å²) >= 11 is 0. The molecule has 5 nitrogen and oxygen atoms in total. The standard InChI is InChI=1S/C22H32N4O/c1-24(2)15-12-17-16-26(21-7-4-3-6-20(17)21)22(27)23-18-8-10-19(11-9-18)25-13-5-14-25/h3-4,6-7,16,18-19H,5,8-15H2,1-2H3,(H,23,27). The van der Waals surface area contributed by atoms with Crippen molar-refractivity contribution in [3.63, 3.8) is 0 Å². The number of para-hydroxylation sites is 1. The molecule has 1 aliphatic heterocycles. The second-order valence-corrected chi connectivity index (χ2v) is 8.44. The molecule has 1 amide bonds. The number of hydrogen-bond acceptors (Lipinski definition) is 3. The summed E-state index contributed by atoms with van der Waals surface area (Å²) < 4.78 is 1.82. The molecule has 0 bridgehead atoms. The third-order valence-corrected chi connectivity index (χ3v) is 6.27. The number of rotatable bonds is 5. The van der Waals surface area contributed by atoms with Crippen LogP contribution in [0.4, 0.5) is 4.79 Å². The Morgan fingerprint density at radius 1 is 1.15 bits per heavy atom. The average molecular weight is 369 g/mol. The summed E-state index contributed by atoms with van der Waals surface area (Å²) in [5.74, 6) is 0. The van der Waals surface area contributed by atoms with E-state index in [9.17, 15) is 4.79 Å². The van der Waals surface area contributed by atoms with Gasteiger partial charge in [0.25, 0.3) is 0 Å². The number of likely N-dealkylation sites (N-methyl/N-ethyl adjacent to an activating group) is 1. The Balaban J connectivity index is 1.43. The Kier molecular flexibility index (Phi) is 5.50. The van der Waals surface area contributed by atoms with Crippen LogP contribution in [-0.4, -0.2) is 66.2 Å². The zero-order valence-corrected chi connectivity index (χ0v) is 16.7. The molecule has 0 spiro atoms. The van der Waals surface area contributed by atoms with Crippen molar-refractivity contribution < 1.29 is 4.79 Å². The minimum absolute atomic E-state index is 0.0229. The molecule has 1 aromatic carbocycles. The number of fused-ring (bicyclic) bond motifs is 1. The summed E-state index contributed by atoms with van der Waals surface area (Å²) in [5, 5.41) is 4.49. The van der Waals surface area contributed by atoms with Gasteiger partial charge in [0.2, 0.25) is 0 Å². The minimum Gasteiger partial charge on any atom is -0.335 e. The SMILES string of the molecule is CN(C)CCc1cn(C(=O)NC2CCC(N3CCC3)CC2)c2ccccc12. The predicted octanol–water partition coefficient (Wildman–Crippen LogP) is 3.32. The van der Waals surface area contributed by atoms with Crippen molar-refractivity contribution in [2.45, 2.75) is 50.6 Å². The molecule has 1 N–H and O–H groups in total. The van der Waals surface area contributed by atoms with E-state index >= 15 is 0 Å². The van der Waals surface area contributed by atoms with Gasteiger partial charge in [-0.1, -0.05) is 18.2 Å². The van der Waals surface area contributed by atoms with Gasteiger partial charge >= 0.3 is 6.03 Å². The van der Waals surface area contributed by atoms with E-state index in [1.165, 1.54) is 43.3 Å². The van der Waals surface area contributed by atoms with Gasteiger partial charge in [0.05, 0.1) is 5.52 Å². The van der Waals surface area contributed by atoms with E-state index in [1.54, 1.807) is 0 Å². The van der Waals surface area contributed by atoms with Gasteiger partial charge in [-0.3, -0.25) is 4.57 Å². The van der Waals surface area contributed by atoms with Crippen LogP contribution in [0.25, 0.3) is 10.9 Å². The molecule has 27 heavy (non-hydrogen) atoms. The fourth-order valence-electron chi connectivity index (χ4n) is 4.50. The number of likely N-dealkylation sites (tertiary alicyclic amines) is 1. The lowest BCUT2D eigenvalue weighted by atomic mass is 9.89. The quantitative estimate of drug-likeness (QED) is 0.880. The van der Waals surface area contributed by atoms with Crippen molar-refractivity contribution in [3.8, 4) is 0 Å². The smallest absolute Gasteiger partial charge is 0.326 e. The van der Waals surface area contributed by atoms with E-state index in [0.717, 1.165) is 37.4 Å². The second kappa shape index (κ2) is 8.03. The summed E-state index contributed by atoms with van der Waals surface area (Å²) in [5.41, 5.74) is 2.26. The van der Waals surface area contributed by atoms with Gasteiger partial charge < -0.3 is 15.1 Å². The molecule has 0 unspecified atom stereocenters. The number of hydrogen-bond donors (Lipinski definition) is 1. The molecule has 1 saturated carbocycles. The molecule has 0 radical (unpaired) electrons. The molecule has 1 aliphatic carbocycles. The Bertz CT molecular complexity index is 785. The fraction of sp³-hybridized carbons (Fsp3) is 0.591. The maximum atomic E-state index is 13.0. The lowest BCUT2D eigenvalue weighted by Crippen LogP contribution is -2.49.